The average Bonchev–Trinajstić information content (AvgIpc) is 2.28. The molecule has 0 aliphatic rings. The fourth-order valence-electron chi connectivity index (χ4n) is 1.08. The normalized spacial score (nSPS) is 9.81. The van der Waals surface area contributed by atoms with Crippen molar-refractivity contribution in [1.82, 2.24) is 5.32 Å². The molecule has 16 heavy (non-hydrogen) atoms. The zero-order valence-corrected chi connectivity index (χ0v) is 9.03. The molecule has 1 rings (SSSR count). The number of carboxylic acid groups (broad SMARTS) is 1. The van der Waals surface area contributed by atoms with Crippen LogP contribution < -0.4 is 5.32 Å². The van der Waals surface area contributed by atoms with Crippen LogP contribution in [0.3, 0.4) is 0 Å². The number of carbonyl (C=O) groups is 1. The first-order valence-electron chi connectivity index (χ1n) is 4.87. The maximum Gasteiger partial charge on any atom is 0.328 e. The van der Waals surface area contributed by atoms with Crippen LogP contribution >= 0.6 is 0 Å². The second-order valence-corrected chi connectivity index (χ2v) is 3.13. The molecule has 2 N–H and O–H groups in total. The van der Waals surface area contributed by atoms with Crippen LogP contribution in [0.15, 0.2) is 30.3 Å². The van der Waals surface area contributed by atoms with E-state index in [4.69, 9.17) is 5.11 Å². The topological polar surface area (TPSA) is 49.3 Å². The molecular weight excluding hydrogens is 202 g/mol. The molecule has 1 aromatic carbocycles. The maximum absolute atomic E-state index is 10.3. The fourth-order valence-corrected chi connectivity index (χ4v) is 1.08. The third-order valence-electron chi connectivity index (χ3n) is 1.83. The molecule has 0 atom stereocenters. The molecule has 0 fully saturated rings. The number of rotatable bonds is 3. The zero-order valence-electron chi connectivity index (χ0n) is 9.03. The summed E-state index contributed by atoms with van der Waals surface area (Å²) in [6, 6.07) is 7.40. The van der Waals surface area contributed by atoms with Crippen LogP contribution in [0.2, 0.25) is 0 Å². The van der Waals surface area contributed by atoms with E-state index in [2.05, 4.69) is 17.2 Å². The lowest BCUT2D eigenvalue weighted by molar-refractivity contribution is -0.131. The summed E-state index contributed by atoms with van der Waals surface area (Å²) in [7, 11) is 1.84. The molecule has 0 aliphatic heterocycles. The lowest BCUT2D eigenvalue weighted by Crippen LogP contribution is -2.04. The number of hydrogen-bond donors (Lipinski definition) is 2. The highest BCUT2D eigenvalue weighted by Crippen LogP contribution is 2.04. The molecule has 0 spiro atoms. The highest BCUT2D eigenvalue weighted by atomic mass is 16.4. The third-order valence-corrected chi connectivity index (χ3v) is 1.83. The van der Waals surface area contributed by atoms with Crippen LogP contribution in [-0.2, 0) is 4.79 Å². The first-order chi connectivity index (χ1) is 7.72. The standard InChI is InChI=1S/C13H13NO2/c1-14-10-2-3-11-4-6-12(7-5-11)8-9-13(15)16/h4-9,14H,10H2,1H3,(H,15,16)/b9-8+. The average molecular weight is 215 g/mol. The van der Waals surface area contributed by atoms with E-state index in [1.807, 2.05) is 31.3 Å². The zero-order chi connectivity index (χ0) is 11.8. The van der Waals surface area contributed by atoms with Gasteiger partial charge in [0.1, 0.15) is 0 Å². The summed E-state index contributed by atoms with van der Waals surface area (Å²) in [6.45, 7) is 0.653. The van der Waals surface area contributed by atoms with Gasteiger partial charge >= 0.3 is 5.97 Å². The molecule has 82 valence electrons. The summed E-state index contributed by atoms with van der Waals surface area (Å²) in [4.78, 5) is 10.3. The highest BCUT2D eigenvalue weighted by Gasteiger charge is 1.90. The van der Waals surface area contributed by atoms with E-state index in [9.17, 15) is 4.79 Å². The van der Waals surface area contributed by atoms with E-state index in [-0.39, 0.29) is 0 Å². The minimum atomic E-state index is -0.946. The Labute approximate surface area is 94.8 Å². The molecular formula is C13H13NO2. The predicted octanol–water partition coefficient (Wildman–Crippen LogP) is 1.36. The number of carboxylic acids is 1. The minimum Gasteiger partial charge on any atom is -0.478 e. The van der Waals surface area contributed by atoms with Gasteiger partial charge in [-0.1, -0.05) is 24.0 Å². The number of nitrogens with one attached hydrogen (secondary N) is 1. The highest BCUT2D eigenvalue weighted by molar-refractivity contribution is 5.85. The Morgan fingerprint density at radius 1 is 1.44 bits per heavy atom. The van der Waals surface area contributed by atoms with Gasteiger partial charge in [0.2, 0.25) is 0 Å². The summed E-state index contributed by atoms with van der Waals surface area (Å²) in [5, 5.41) is 11.4. The van der Waals surface area contributed by atoms with E-state index in [1.54, 1.807) is 6.08 Å². The van der Waals surface area contributed by atoms with Crippen molar-refractivity contribution in [2.24, 2.45) is 0 Å². The van der Waals surface area contributed by atoms with Crippen molar-refractivity contribution < 1.29 is 9.90 Å². The van der Waals surface area contributed by atoms with Crippen molar-refractivity contribution in [3.05, 3.63) is 41.5 Å². The van der Waals surface area contributed by atoms with E-state index in [0.717, 1.165) is 17.2 Å². The van der Waals surface area contributed by atoms with Crippen LogP contribution in [0, 0.1) is 11.8 Å². The van der Waals surface area contributed by atoms with Gasteiger partial charge in [0.05, 0.1) is 6.54 Å². The van der Waals surface area contributed by atoms with E-state index >= 15 is 0 Å². The van der Waals surface area contributed by atoms with Crippen molar-refractivity contribution >= 4 is 12.0 Å². The third kappa shape index (κ3) is 4.45. The first kappa shape index (κ1) is 12.0. The Morgan fingerprint density at radius 3 is 2.69 bits per heavy atom. The summed E-state index contributed by atoms with van der Waals surface area (Å²) in [5.41, 5.74) is 1.77. The second kappa shape index (κ2) is 6.44. The van der Waals surface area contributed by atoms with Crippen molar-refractivity contribution in [2.75, 3.05) is 13.6 Å². The van der Waals surface area contributed by atoms with Gasteiger partial charge in [-0.3, -0.25) is 0 Å². The lowest BCUT2D eigenvalue weighted by atomic mass is 10.1. The van der Waals surface area contributed by atoms with Crippen molar-refractivity contribution in [3.8, 4) is 11.8 Å². The van der Waals surface area contributed by atoms with Gasteiger partial charge in [0.25, 0.3) is 0 Å². The molecule has 0 saturated carbocycles. The maximum atomic E-state index is 10.3. The number of benzene rings is 1. The van der Waals surface area contributed by atoms with Crippen LogP contribution in [0.1, 0.15) is 11.1 Å². The van der Waals surface area contributed by atoms with Crippen LogP contribution in [0.4, 0.5) is 0 Å². The molecule has 3 nitrogen and oxygen atoms in total. The quantitative estimate of drug-likeness (QED) is 0.591. The van der Waals surface area contributed by atoms with Crippen LogP contribution in [-0.4, -0.2) is 24.7 Å². The number of aliphatic carboxylic acids is 1. The van der Waals surface area contributed by atoms with Crippen LogP contribution in [0.5, 0.6) is 0 Å². The summed E-state index contributed by atoms with van der Waals surface area (Å²) >= 11 is 0. The largest absolute Gasteiger partial charge is 0.478 e. The molecule has 0 unspecified atom stereocenters. The van der Waals surface area contributed by atoms with Gasteiger partial charge in [0.15, 0.2) is 0 Å². The monoisotopic (exact) mass is 215 g/mol. The van der Waals surface area contributed by atoms with Gasteiger partial charge in [-0.25, -0.2) is 4.79 Å². The molecule has 0 saturated heterocycles. The van der Waals surface area contributed by atoms with Gasteiger partial charge < -0.3 is 10.4 Å². The Hall–Kier alpha value is -2.05. The van der Waals surface area contributed by atoms with Crippen LogP contribution in [0.25, 0.3) is 6.08 Å². The molecule has 0 radical (unpaired) electrons. The Bertz CT molecular complexity index is 435. The summed E-state index contributed by atoms with van der Waals surface area (Å²) < 4.78 is 0. The molecule has 0 bridgehead atoms. The fraction of sp³-hybridized carbons (Fsp3) is 0.154. The van der Waals surface area contributed by atoms with Crippen molar-refractivity contribution in [2.45, 2.75) is 0 Å². The molecule has 1 aromatic rings. The van der Waals surface area contributed by atoms with Gasteiger partial charge in [-0.2, -0.15) is 0 Å². The molecule has 0 aromatic heterocycles. The summed E-state index contributed by atoms with van der Waals surface area (Å²) in [6.07, 6.45) is 2.66. The first-order valence-corrected chi connectivity index (χ1v) is 4.87. The van der Waals surface area contributed by atoms with Crippen molar-refractivity contribution in [3.63, 3.8) is 0 Å². The van der Waals surface area contributed by atoms with E-state index in [1.165, 1.54) is 0 Å². The van der Waals surface area contributed by atoms with Gasteiger partial charge in [-0.05, 0) is 30.8 Å². The van der Waals surface area contributed by atoms with E-state index in [0.29, 0.717) is 6.54 Å². The predicted molar refractivity (Wildman–Crippen MR) is 63.9 cm³/mol. The molecule has 3 heteroatoms. The van der Waals surface area contributed by atoms with Gasteiger partial charge in [0, 0.05) is 11.6 Å². The minimum absolute atomic E-state index is 0.653. The number of hydrogen-bond acceptors (Lipinski definition) is 2. The lowest BCUT2D eigenvalue weighted by Gasteiger charge is -1.93. The Kier molecular flexibility index (Phi) is 4.84. The Morgan fingerprint density at radius 2 is 2.12 bits per heavy atom. The summed E-state index contributed by atoms with van der Waals surface area (Å²) in [5.74, 6) is 4.99. The molecule has 0 aliphatic carbocycles. The smallest absolute Gasteiger partial charge is 0.328 e. The van der Waals surface area contributed by atoms with Crippen molar-refractivity contribution in [1.29, 1.82) is 0 Å². The molecule has 0 heterocycles. The SMILES string of the molecule is CNCC#Cc1ccc(/C=C/C(=O)O)cc1. The Balaban J connectivity index is 2.69. The molecule has 0 amide bonds. The van der Waals surface area contributed by atoms with E-state index < -0.39 is 5.97 Å². The second-order valence-electron chi connectivity index (χ2n) is 3.13. The van der Waals surface area contributed by atoms with Gasteiger partial charge in [-0.15, -0.1) is 0 Å².